The quantitative estimate of drug-likeness (QED) is 0.947. The lowest BCUT2D eigenvalue weighted by Gasteiger charge is -2.08. The van der Waals surface area contributed by atoms with Crippen LogP contribution in [0.4, 0.5) is 5.69 Å². The third-order valence-corrected chi connectivity index (χ3v) is 5.46. The Labute approximate surface area is 116 Å². The fourth-order valence-corrected chi connectivity index (χ4v) is 4.19. The van der Waals surface area contributed by atoms with Gasteiger partial charge in [-0.15, -0.1) is 0 Å². The van der Waals surface area contributed by atoms with Gasteiger partial charge in [-0.05, 0) is 61.0 Å². The zero-order valence-corrected chi connectivity index (χ0v) is 12.1. The lowest BCUT2D eigenvalue weighted by atomic mass is 10.1. The molecule has 1 aliphatic carbocycles. The van der Waals surface area contributed by atoms with Crippen molar-refractivity contribution < 1.29 is 8.42 Å². The summed E-state index contributed by atoms with van der Waals surface area (Å²) < 4.78 is 31.3. The van der Waals surface area contributed by atoms with E-state index >= 15 is 0 Å². The molecule has 0 saturated heterocycles. The second-order valence-electron chi connectivity index (χ2n) is 4.70. The van der Waals surface area contributed by atoms with Gasteiger partial charge in [-0.1, -0.05) is 6.07 Å². The van der Waals surface area contributed by atoms with Gasteiger partial charge >= 0.3 is 0 Å². The summed E-state index contributed by atoms with van der Waals surface area (Å²) in [4.78, 5) is 0.332. The van der Waals surface area contributed by atoms with Gasteiger partial charge in [0.05, 0.1) is 16.3 Å². The molecule has 3 rings (SSSR count). The number of rotatable bonds is 3. The summed E-state index contributed by atoms with van der Waals surface area (Å²) in [6.07, 6.45) is 3.13. The number of fused-ring (bicyclic) bond motifs is 1. The van der Waals surface area contributed by atoms with Gasteiger partial charge in [-0.2, -0.15) is 4.37 Å². The number of anilines is 1. The largest absolute Gasteiger partial charge is 0.277 e. The molecule has 0 spiro atoms. The molecule has 0 bridgehead atoms. The van der Waals surface area contributed by atoms with Crippen molar-refractivity contribution in [3.05, 3.63) is 40.4 Å². The van der Waals surface area contributed by atoms with Crippen LogP contribution in [-0.4, -0.2) is 12.8 Å². The molecule has 19 heavy (non-hydrogen) atoms. The molecule has 1 aliphatic rings. The Morgan fingerprint density at radius 1 is 1.26 bits per heavy atom. The molecule has 1 aromatic heterocycles. The van der Waals surface area contributed by atoms with E-state index in [0.29, 0.717) is 16.3 Å². The molecule has 0 fully saturated rings. The van der Waals surface area contributed by atoms with Crippen molar-refractivity contribution in [2.45, 2.75) is 31.1 Å². The first kappa shape index (κ1) is 12.6. The SMILES string of the molecule is Cc1nscc1NS(=O)(=O)c1ccc2c(c1)CCC2. The molecule has 0 amide bonds. The van der Waals surface area contributed by atoms with Crippen LogP contribution in [0.3, 0.4) is 0 Å². The van der Waals surface area contributed by atoms with E-state index in [-0.39, 0.29) is 0 Å². The molecule has 4 nitrogen and oxygen atoms in total. The highest BCUT2D eigenvalue weighted by Crippen LogP contribution is 2.26. The standard InChI is InChI=1S/C13H14N2O2S2/c1-9-13(8-18-14-9)15-19(16,17)12-6-5-10-3-2-4-11(10)7-12/h5-8,15H,2-4H2,1H3. The highest BCUT2D eigenvalue weighted by molar-refractivity contribution is 7.92. The second-order valence-corrected chi connectivity index (χ2v) is 7.01. The topological polar surface area (TPSA) is 59.1 Å². The molecule has 1 heterocycles. The van der Waals surface area contributed by atoms with Gasteiger partial charge in [0.25, 0.3) is 10.0 Å². The Balaban J connectivity index is 1.94. The van der Waals surface area contributed by atoms with Crippen molar-refractivity contribution in [1.82, 2.24) is 4.37 Å². The van der Waals surface area contributed by atoms with E-state index in [9.17, 15) is 8.42 Å². The fraction of sp³-hybridized carbons (Fsp3) is 0.308. The summed E-state index contributed by atoms with van der Waals surface area (Å²) in [6.45, 7) is 1.79. The number of hydrogen-bond acceptors (Lipinski definition) is 4. The minimum atomic E-state index is -3.51. The number of hydrogen-bond donors (Lipinski definition) is 1. The van der Waals surface area contributed by atoms with Gasteiger partial charge in [0, 0.05) is 5.38 Å². The predicted octanol–water partition coefficient (Wildman–Crippen LogP) is 2.74. The maximum absolute atomic E-state index is 12.3. The molecule has 0 atom stereocenters. The minimum Gasteiger partial charge on any atom is -0.277 e. The third-order valence-electron chi connectivity index (χ3n) is 3.37. The smallest absolute Gasteiger partial charge is 0.261 e. The molecule has 100 valence electrons. The van der Waals surface area contributed by atoms with E-state index in [4.69, 9.17) is 0 Å². The van der Waals surface area contributed by atoms with E-state index in [0.717, 1.165) is 24.8 Å². The highest BCUT2D eigenvalue weighted by Gasteiger charge is 2.19. The van der Waals surface area contributed by atoms with E-state index in [1.807, 2.05) is 6.07 Å². The van der Waals surface area contributed by atoms with Gasteiger partial charge in [0.1, 0.15) is 0 Å². The van der Waals surface area contributed by atoms with Gasteiger partial charge in [0.15, 0.2) is 0 Å². The van der Waals surface area contributed by atoms with Crippen molar-refractivity contribution in [2.75, 3.05) is 4.72 Å². The van der Waals surface area contributed by atoms with E-state index < -0.39 is 10.0 Å². The predicted molar refractivity (Wildman–Crippen MR) is 76.1 cm³/mol. The van der Waals surface area contributed by atoms with Crippen LogP contribution in [0.2, 0.25) is 0 Å². The number of benzene rings is 1. The summed E-state index contributed by atoms with van der Waals surface area (Å²) in [5.41, 5.74) is 3.69. The van der Waals surface area contributed by atoms with Crippen LogP contribution in [0, 0.1) is 6.92 Å². The van der Waals surface area contributed by atoms with Crippen LogP contribution in [0.15, 0.2) is 28.5 Å². The molecule has 0 radical (unpaired) electrons. The van der Waals surface area contributed by atoms with Gasteiger partial charge in [0.2, 0.25) is 0 Å². The number of aromatic nitrogens is 1. The Bertz CT molecular complexity index is 720. The summed E-state index contributed by atoms with van der Waals surface area (Å²) in [6, 6.07) is 5.40. The van der Waals surface area contributed by atoms with Gasteiger partial charge in [-0.25, -0.2) is 8.42 Å². The molecular weight excluding hydrogens is 280 g/mol. The summed E-state index contributed by atoms with van der Waals surface area (Å²) in [7, 11) is -3.51. The maximum Gasteiger partial charge on any atom is 0.261 e. The third kappa shape index (κ3) is 2.37. The first-order valence-electron chi connectivity index (χ1n) is 6.12. The van der Waals surface area contributed by atoms with Gasteiger partial charge < -0.3 is 0 Å². The van der Waals surface area contributed by atoms with Crippen molar-refractivity contribution in [3.8, 4) is 0 Å². The number of nitrogens with one attached hydrogen (secondary N) is 1. The fourth-order valence-electron chi connectivity index (χ4n) is 2.31. The Hall–Kier alpha value is -1.40. The Morgan fingerprint density at radius 3 is 2.79 bits per heavy atom. The molecule has 6 heteroatoms. The van der Waals surface area contributed by atoms with Crippen molar-refractivity contribution in [2.24, 2.45) is 0 Å². The monoisotopic (exact) mass is 294 g/mol. The Kier molecular flexibility index (Phi) is 3.06. The number of sulfonamides is 1. The average Bonchev–Trinajstić information content (AvgIpc) is 2.97. The van der Waals surface area contributed by atoms with E-state index in [2.05, 4.69) is 9.10 Å². The van der Waals surface area contributed by atoms with E-state index in [1.54, 1.807) is 24.4 Å². The first-order valence-corrected chi connectivity index (χ1v) is 8.44. The summed E-state index contributed by atoms with van der Waals surface area (Å²) in [5.74, 6) is 0. The normalized spacial score (nSPS) is 14.4. The van der Waals surface area contributed by atoms with Crippen molar-refractivity contribution in [1.29, 1.82) is 0 Å². The summed E-state index contributed by atoms with van der Waals surface area (Å²) >= 11 is 1.25. The first-order chi connectivity index (χ1) is 9.06. The molecule has 1 aromatic carbocycles. The lowest BCUT2D eigenvalue weighted by molar-refractivity contribution is 0.601. The molecule has 0 saturated carbocycles. The van der Waals surface area contributed by atoms with Crippen LogP contribution in [0.5, 0.6) is 0 Å². The van der Waals surface area contributed by atoms with Crippen LogP contribution >= 0.6 is 11.5 Å². The molecule has 1 N–H and O–H groups in total. The number of aryl methyl sites for hydroxylation is 3. The maximum atomic E-state index is 12.3. The summed E-state index contributed by atoms with van der Waals surface area (Å²) in [5, 5.41) is 1.71. The Morgan fingerprint density at radius 2 is 2.05 bits per heavy atom. The van der Waals surface area contributed by atoms with Crippen LogP contribution in [-0.2, 0) is 22.9 Å². The highest BCUT2D eigenvalue weighted by atomic mass is 32.2. The number of nitrogens with zero attached hydrogens (tertiary/aromatic N) is 1. The van der Waals surface area contributed by atoms with Crippen LogP contribution in [0.25, 0.3) is 0 Å². The average molecular weight is 294 g/mol. The molecule has 2 aromatic rings. The zero-order valence-electron chi connectivity index (χ0n) is 10.5. The van der Waals surface area contributed by atoms with E-state index in [1.165, 1.54) is 17.1 Å². The molecular formula is C13H14N2O2S2. The van der Waals surface area contributed by atoms with Crippen molar-refractivity contribution in [3.63, 3.8) is 0 Å². The minimum absolute atomic E-state index is 0.332. The van der Waals surface area contributed by atoms with Crippen LogP contribution < -0.4 is 4.72 Å². The zero-order chi connectivity index (χ0) is 13.5. The van der Waals surface area contributed by atoms with Gasteiger partial charge in [-0.3, -0.25) is 4.72 Å². The molecule has 0 aliphatic heterocycles. The lowest BCUT2D eigenvalue weighted by Crippen LogP contribution is -2.13. The van der Waals surface area contributed by atoms with Crippen LogP contribution in [0.1, 0.15) is 23.2 Å². The van der Waals surface area contributed by atoms with Crippen molar-refractivity contribution >= 4 is 27.2 Å². The second kappa shape index (κ2) is 4.61. The molecule has 0 unspecified atom stereocenters.